The van der Waals surface area contributed by atoms with Crippen LogP contribution in [0.1, 0.15) is 11.7 Å². The van der Waals surface area contributed by atoms with Crippen LogP contribution in [0.3, 0.4) is 0 Å². The standard InChI is InChI=1S/C15H15F2N5O6S/c16-11(17)8-27-9-2-1-3-10(4-9)29(25,26)18-5-14-19-12(21-28-14)6-22-7-13(23)20-15(22)24/h1-4,11,18H,5-8H2,(H,20,23,24). The SMILES string of the molecule is O=C1CN(Cc2noc(CNS(=O)(=O)c3cccc(OCC(F)F)c3)n2)C(=O)N1. The van der Waals surface area contributed by atoms with Crippen LogP contribution in [0.5, 0.6) is 5.75 Å². The lowest BCUT2D eigenvalue weighted by molar-refractivity contribution is -0.118. The summed E-state index contributed by atoms with van der Waals surface area (Å²) in [6.45, 7) is -1.43. The van der Waals surface area contributed by atoms with Gasteiger partial charge in [0.25, 0.3) is 6.43 Å². The van der Waals surface area contributed by atoms with E-state index in [0.717, 1.165) is 11.0 Å². The Morgan fingerprint density at radius 1 is 1.34 bits per heavy atom. The van der Waals surface area contributed by atoms with E-state index in [1.165, 1.54) is 18.2 Å². The largest absolute Gasteiger partial charge is 0.488 e. The van der Waals surface area contributed by atoms with E-state index in [9.17, 15) is 26.8 Å². The molecule has 0 aliphatic carbocycles. The van der Waals surface area contributed by atoms with Crippen molar-refractivity contribution >= 4 is 22.0 Å². The summed E-state index contributed by atoms with van der Waals surface area (Å²) >= 11 is 0. The first-order valence-electron chi connectivity index (χ1n) is 8.14. The van der Waals surface area contributed by atoms with Gasteiger partial charge >= 0.3 is 6.03 Å². The number of amides is 3. The van der Waals surface area contributed by atoms with Crippen LogP contribution in [-0.2, 0) is 27.9 Å². The summed E-state index contributed by atoms with van der Waals surface area (Å²) in [6.07, 6.45) is -2.69. The van der Waals surface area contributed by atoms with E-state index >= 15 is 0 Å². The normalized spacial score (nSPS) is 14.5. The molecule has 11 nitrogen and oxygen atoms in total. The van der Waals surface area contributed by atoms with Crippen molar-refractivity contribution in [2.45, 2.75) is 24.4 Å². The molecule has 0 bridgehead atoms. The molecule has 2 N–H and O–H groups in total. The quantitative estimate of drug-likeness (QED) is 0.538. The van der Waals surface area contributed by atoms with Crippen LogP contribution >= 0.6 is 0 Å². The maximum absolute atomic E-state index is 12.4. The Kier molecular flexibility index (Phi) is 6.03. The Morgan fingerprint density at radius 2 is 2.14 bits per heavy atom. The number of urea groups is 1. The highest BCUT2D eigenvalue weighted by atomic mass is 32.2. The number of rotatable bonds is 9. The number of carbonyl (C=O) groups is 2. The molecule has 0 atom stereocenters. The van der Waals surface area contributed by atoms with Gasteiger partial charge < -0.3 is 14.2 Å². The topological polar surface area (TPSA) is 144 Å². The van der Waals surface area contributed by atoms with Crippen LogP contribution in [0.4, 0.5) is 13.6 Å². The summed E-state index contributed by atoms with van der Waals surface area (Å²) < 4.78 is 61.1. The average Bonchev–Trinajstić information content (AvgIpc) is 3.24. The number of aromatic nitrogens is 2. The van der Waals surface area contributed by atoms with Gasteiger partial charge in [-0.05, 0) is 12.1 Å². The molecule has 1 aliphatic heterocycles. The van der Waals surface area contributed by atoms with Gasteiger partial charge in [-0.3, -0.25) is 10.1 Å². The van der Waals surface area contributed by atoms with Crippen molar-refractivity contribution in [3.63, 3.8) is 0 Å². The number of carbonyl (C=O) groups excluding carboxylic acids is 2. The summed E-state index contributed by atoms with van der Waals surface area (Å²) in [5, 5.41) is 5.72. The zero-order chi connectivity index (χ0) is 21.0. The molecule has 2 aromatic rings. The van der Waals surface area contributed by atoms with Crippen molar-refractivity contribution in [3.05, 3.63) is 36.0 Å². The van der Waals surface area contributed by atoms with Crippen LogP contribution in [-0.4, -0.2) is 55.0 Å². The van der Waals surface area contributed by atoms with Gasteiger partial charge in [-0.2, -0.15) is 4.98 Å². The van der Waals surface area contributed by atoms with E-state index in [2.05, 4.69) is 20.2 Å². The van der Waals surface area contributed by atoms with Crippen molar-refractivity contribution in [2.75, 3.05) is 13.2 Å². The fraction of sp³-hybridized carbons (Fsp3) is 0.333. The van der Waals surface area contributed by atoms with Crippen molar-refractivity contribution in [3.8, 4) is 5.75 Å². The van der Waals surface area contributed by atoms with Gasteiger partial charge in [0, 0.05) is 6.07 Å². The van der Waals surface area contributed by atoms with E-state index in [-0.39, 0.29) is 42.0 Å². The third kappa shape index (κ3) is 5.45. The molecule has 1 aromatic heterocycles. The molecule has 0 saturated carbocycles. The van der Waals surface area contributed by atoms with Crippen LogP contribution in [0.25, 0.3) is 0 Å². The number of benzene rings is 1. The lowest BCUT2D eigenvalue weighted by Crippen LogP contribution is -2.28. The molecule has 0 unspecified atom stereocenters. The molecule has 1 saturated heterocycles. The third-order valence-corrected chi connectivity index (χ3v) is 5.01. The van der Waals surface area contributed by atoms with Gasteiger partial charge in [0.2, 0.25) is 21.8 Å². The van der Waals surface area contributed by atoms with E-state index in [1.807, 2.05) is 0 Å². The van der Waals surface area contributed by atoms with Gasteiger partial charge in [0.15, 0.2) is 5.82 Å². The minimum absolute atomic E-state index is 0.0216. The van der Waals surface area contributed by atoms with Gasteiger partial charge in [0.1, 0.15) is 18.9 Å². The summed E-state index contributed by atoms with van der Waals surface area (Å²) in [4.78, 5) is 27.5. The summed E-state index contributed by atoms with van der Waals surface area (Å²) in [6, 6.07) is 4.48. The van der Waals surface area contributed by atoms with E-state index in [1.54, 1.807) is 0 Å². The summed E-state index contributed by atoms with van der Waals surface area (Å²) in [5.74, 6) is -0.455. The predicted octanol–water partition coefficient (Wildman–Crippen LogP) is 0.244. The number of nitrogens with zero attached hydrogens (tertiary/aromatic N) is 3. The van der Waals surface area contributed by atoms with Crippen LogP contribution in [0, 0.1) is 0 Å². The number of hydrogen-bond acceptors (Lipinski definition) is 8. The number of alkyl halides is 2. The van der Waals surface area contributed by atoms with Gasteiger partial charge in [-0.1, -0.05) is 11.2 Å². The first-order valence-corrected chi connectivity index (χ1v) is 9.62. The number of imide groups is 1. The molecule has 1 aliphatic rings. The van der Waals surface area contributed by atoms with Gasteiger partial charge in [-0.15, -0.1) is 0 Å². The van der Waals surface area contributed by atoms with E-state index < -0.39 is 35.0 Å². The molecular weight excluding hydrogens is 416 g/mol. The smallest absolute Gasteiger partial charge is 0.324 e. The number of sulfonamides is 1. The van der Waals surface area contributed by atoms with Crippen LogP contribution in [0.15, 0.2) is 33.7 Å². The van der Waals surface area contributed by atoms with Gasteiger partial charge in [-0.25, -0.2) is 26.7 Å². The summed E-state index contributed by atoms with van der Waals surface area (Å²) in [5.41, 5.74) is 0. The third-order valence-electron chi connectivity index (χ3n) is 3.62. The number of ether oxygens (including phenoxy) is 1. The van der Waals surface area contributed by atoms with Crippen molar-refractivity contribution in [1.29, 1.82) is 0 Å². The number of halogens is 2. The zero-order valence-electron chi connectivity index (χ0n) is 14.7. The second-order valence-corrected chi connectivity index (χ2v) is 7.58. The zero-order valence-corrected chi connectivity index (χ0v) is 15.5. The maximum atomic E-state index is 12.4. The minimum atomic E-state index is -4.01. The molecule has 2 heterocycles. The van der Waals surface area contributed by atoms with Crippen molar-refractivity contribution in [2.24, 2.45) is 0 Å². The molecule has 1 aromatic carbocycles. The molecule has 3 rings (SSSR count). The Balaban J connectivity index is 1.59. The fourth-order valence-corrected chi connectivity index (χ4v) is 3.35. The minimum Gasteiger partial charge on any atom is -0.488 e. The number of nitrogens with one attached hydrogen (secondary N) is 2. The Hall–Kier alpha value is -3.13. The van der Waals surface area contributed by atoms with Crippen LogP contribution in [0.2, 0.25) is 0 Å². The van der Waals surface area contributed by atoms with Gasteiger partial charge in [0.05, 0.1) is 18.0 Å². The van der Waals surface area contributed by atoms with Crippen molar-refractivity contribution < 1.29 is 36.0 Å². The highest BCUT2D eigenvalue weighted by Crippen LogP contribution is 2.18. The second-order valence-electron chi connectivity index (χ2n) is 5.82. The molecule has 156 valence electrons. The number of hydrogen-bond donors (Lipinski definition) is 2. The maximum Gasteiger partial charge on any atom is 0.324 e. The first kappa shape index (κ1) is 20.6. The summed E-state index contributed by atoms with van der Waals surface area (Å²) in [7, 11) is -4.01. The molecule has 3 amide bonds. The molecule has 1 fully saturated rings. The average molecular weight is 431 g/mol. The monoisotopic (exact) mass is 431 g/mol. The van der Waals surface area contributed by atoms with Crippen molar-refractivity contribution in [1.82, 2.24) is 25.1 Å². The first-order chi connectivity index (χ1) is 13.7. The predicted molar refractivity (Wildman–Crippen MR) is 90.2 cm³/mol. The van der Waals surface area contributed by atoms with E-state index in [4.69, 9.17) is 9.26 Å². The Bertz CT molecular complexity index is 1010. The highest BCUT2D eigenvalue weighted by molar-refractivity contribution is 7.89. The van der Waals surface area contributed by atoms with Crippen LogP contribution < -0.4 is 14.8 Å². The molecule has 14 heteroatoms. The molecule has 0 spiro atoms. The lowest BCUT2D eigenvalue weighted by Gasteiger charge is -2.09. The molecule has 29 heavy (non-hydrogen) atoms. The second kappa shape index (κ2) is 8.48. The molecule has 0 radical (unpaired) electrons. The van der Waals surface area contributed by atoms with E-state index in [0.29, 0.717) is 0 Å². The Morgan fingerprint density at radius 3 is 2.83 bits per heavy atom. The Labute approximate surface area is 163 Å². The fourth-order valence-electron chi connectivity index (χ4n) is 2.34. The molecular formula is C15H15F2N5O6S. The lowest BCUT2D eigenvalue weighted by atomic mass is 10.3. The highest BCUT2D eigenvalue weighted by Gasteiger charge is 2.28.